The van der Waals surface area contributed by atoms with E-state index in [0.717, 1.165) is 5.56 Å². The summed E-state index contributed by atoms with van der Waals surface area (Å²) in [6.07, 6.45) is 0.281. The van der Waals surface area contributed by atoms with E-state index >= 15 is 0 Å². The fraction of sp³-hybridized carbons (Fsp3) is 0.278. The number of carbonyl (C=O) groups is 1. The van der Waals surface area contributed by atoms with Crippen molar-refractivity contribution in [3.05, 3.63) is 71.8 Å². The van der Waals surface area contributed by atoms with Gasteiger partial charge in [-0.25, -0.2) is 8.42 Å². The van der Waals surface area contributed by atoms with Gasteiger partial charge in [0, 0.05) is 6.61 Å². The molecule has 0 aliphatic rings. The van der Waals surface area contributed by atoms with E-state index in [1.807, 2.05) is 30.3 Å². The van der Waals surface area contributed by atoms with Crippen molar-refractivity contribution in [3.8, 4) is 0 Å². The van der Waals surface area contributed by atoms with E-state index in [4.69, 9.17) is 4.74 Å². The van der Waals surface area contributed by atoms with Crippen LogP contribution in [0, 0.1) is 0 Å². The van der Waals surface area contributed by atoms with Gasteiger partial charge in [0.1, 0.15) is 6.04 Å². The molecule has 25 heavy (non-hydrogen) atoms. The molecule has 0 bridgehead atoms. The SMILES string of the molecule is O=C(O)[C@H](NS(=O)(=O)CCCOCc1ccccc1)c1ccccc1. The van der Waals surface area contributed by atoms with E-state index < -0.39 is 22.0 Å². The third kappa shape index (κ3) is 6.66. The number of ether oxygens (including phenoxy) is 1. The molecule has 1 atom stereocenters. The van der Waals surface area contributed by atoms with E-state index in [1.54, 1.807) is 30.3 Å². The van der Waals surface area contributed by atoms with Crippen molar-refractivity contribution < 1.29 is 23.1 Å². The Bertz CT molecular complexity index is 763. The quantitative estimate of drug-likeness (QED) is 0.632. The molecule has 0 saturated carbocycles. The summed E-state index contributed by atoms with van der Waals surface area (Å²) in [5.74, 6) is -1.44. The van der Waals surface area contributed by atoms with E-state index in [9.17, 15) is 18.3 Å². The smallest absolute Gasteiger partial charge is 0.326 e. The molecule has 0 saturated heterocycles. The van der Waals surface area contributed by atoms with Gasteiger partial charge in [0.05, 0.1) is 12.4 Å². The number of hydrogen-bond acceptors (Lipinski definition) is 4. The average molecular weight is 363 g/mol. The fourth-order valence-corrected chi connectivity index (χ4v) is 3.47. The van der Waals surface area contributed by atoms with Crippen LogP contribution >= 0.6 is 0 Å². The van der Waals surface area contributed by atoms with Crippen LogP contribution in [0.5, 0.6) is 0 Å². The highest BCUT2D eigenvalue weighted by Gasteiger charge is 2.25. The van der Waals surface area contributed by atoms with Gasteiger partial charge in [-0.05, 0) is 17.5 Å². The number of sulfonamides is 1. The molecule has 2 rings (SSSR count). The van der Waals surface area contributed by atoms with E-state index in [2.05, 4.69) is 4.72 Å². The van der Waals surface area contributed by atoms with Crippen LogP contribution in [0.2, 0.25) is 0 Å². The second kappa shape index (κ2) is 9.31. The molecule has 0 spiro atoms. The van der Waals surface area contributed by atoms with E-state index in [1.165, 1.54) is 0 Å². The van der Waals surface area contributed by atoms with Gasteiger partial charge in [-0.1, -0.05) is 60.7 Å². The van der Waals surface area contributed by atoms with Gasteiger partial charge in [0.2, 0.25) is 10.0 Å². The number of benzene rings is 2. The summed E-state index contributed by atoms with van der Waals surface area (Å²) < 4.78 is 31.9. The zero-order chi connectivity index (χ0) is 18.1. The monoisotopic (exact) mass is 363 g/mol. The number of carboxylic acids is 1. The van der Waals surface area contributed by atoms with Crippen molar-refractivity contribution >= 4 is 16.0 Å². The molecule has 2 N–H and O–H groups in total. The zero-order valence-electron chi connectivity index (χ0n) is 13.7. The van der Waals surface area contributed by atoms with Crippen LogP contribution in [0.15, 0.2) is 60.7 Å². The summed E-state index contributed by atoms with van der Waals surface area (Å²) in [7, 11) is -3.73. The van der Waals surface area contributed by atoms with Gasteiger partial charge in [-0.15, -0.1) is 0 Å². The summed E-state index contributed by atoms with van der Waals surface area (Å²) in [5.41, 5.74) is 1.40. The topological polar surface area (TPSA) is 92.7 Å². The third-order valence-electron chi connectivity index (χ3n) is 3.49. The highest BCUT2D eigenvalue weighted by molar-refractivity contribution is 7.89. The van der Waals surface area contributed by atoms with Gasteiger partial charge >= 0.3 is 5.97 Å². The van der Waals surface area contributed by atoms with Crippen LogP contribution in [0.3, 0.4) is 0 Å². The Labute approximate surface area is 147 Å². The fourth-order valence-electron chi connectivity index (χ4n) is 2.26. The zero-order valence-corrected chi connectivity index (χ0v) is 14.5. The third-order valence-corrected chi connectivity index (χ3v) is 4.91. The molecule has 7 heteroatoms. The standard InChI is InChI=1S/C18H21NO5S/c20-18(21)17(16-10-5-2-6-11-16)19-25(22,23)13-7-12-24-14-15-8-3-1-4-9-15/h1-6,8-11,17,19H,7,12-14H2,(H,20,21)/t17-/m1/s1. The molecule has 0 fully saturated rings. The van der Waals surface area contributed by atoms with Crippen LogP contribution in [0.4, 0.5) is 0 Å². The highest BCUT2D eigenvalue weighted by Crippen LogP contribution is 2.14. The average Bonchev–Trinajstić information content (AvgIpc) is 2.61. The Hall–Kier alpha value is -2.22. The molecular weight excluding hydrogens is 342 g/mol. The molecule has 2 aromatic rings. The number of nitrogens with one attached hydrogen (secondary N) is 1. The number of rotatable bonds is 10. The first kappa shape index (κ1) is 19.1. The maximum absolute atomic E-state index is 12.1. The van der Waals surface area contributed by atoms with Crippen molar-refractivity contribution in [1.29, 1.82) is 0 Å². The molecule has 2 aromatic carbocycles. The Balaban J connectivity index is 1.81. The molecule has 0 amide bonds. The maximum atomic E-state index is 12.1. The summed E-state index contributed by atoms with van der Waals surface area (Å²) in [6.45, 7) is 0.689. The Morgan fingerprint density at radius 3 is 2.24 bits per heavy atom. The van der Waals surface area contributed by atoms with Crippen LogP contribution in [0.25, 0.3) is 0 Å². The van der Waals surface area contributed by atoms with Gasteiger partial charge in [0.25, 0.3) is 0 Å². The van der Waals surface area contributed by atoms with Crippen LogP contribution in [-0.4, -0.2) is 31.9 Å². The lowest BCUT2D eigenvalue weighted by Gasteiger charge is -2.15. The van der Waals surface area contributed by atoms with Crippen molar-refractivity contribution in [1.82, 2.24) is 4.72 Å². The Morgan fingerprint density at radius 2 is 1.64 bits per heavy atom. The van der Waals surface area contributed by atoms with Crippen LogP contribution < -0.4 is 4.72 Å². The summed E-state index contributed by atoms with van der Waals surface area (Å²) in [6, 6.07) is 16.5. The van der Waals surface area contributed by atoms with Crippen molar-refractivity contribution in [2.24, 2.45) is 0 Å². The molecule has 0 aliphatic heterocycles. The summed E-state index contributed by atoms with van der Waals surface area (Å²) in [4.78, 5) is 11.4. The van der Waals surface area contributed by atoms with E-state index in [0.29, 0.717) is 12.2 Å². The van der Waals surface area contributed by atoms with Gasteiger partial charge in [0.15, 0.2) is 0 Å². The predicted molar refractivity (Wildman–Crippen MR) is 94.5 cm³/mol. The molecule has 0 aliphatic carbocycles. The van der Waals surface area contributed by atoms with Crippen molar-refractivity contribution in [3.63, 3.8) is 0 Å². The second-order valence-electron chi connectivity index (χ2n) is 5.51. The largest absolute Gasteiger partial charge is 0.480 e. The normalized spacial score (nSPS) is 12.6. The van der Waals surface area contributed by atoms with Gasteiger partial charge in [-0.3, -0.25) is 4.79 Å². The van der Waals surface area contributed by atoms with Crippen LogP contribution in [-0.2, 0) is 26.2 Å². The highest BCUT2D eigenvalue weighted by atomic mass is 32.2. The molecule has 0 radical (unpaired) electrons. The second-order valence-corrected chi connectivity index (χ2v) is 7.38. The van der Waals surface area contributed by atoms with E-state index in [-0.39, 0.29) is 18.8 Å². The van der Waals surface area contributed by atoms with Crippen LogP contribution in [0.1, 0.15) is 23.6 Å². The molecule has 134 valence electrons. The number of aliphatic carboxylic acids is 1. The molecule has 0 aromatic heterocycles. The minimum absolute atomic E-state index is 0.196. The summed E-state index contributed by atoms with van der Waals surface area (Å²) >= 11 is 0. The lowest BCUT2D eigenvalue weighted by Crippen LogP contribution is -2.35. The van der Waals surface area contributed by atoms with Crippen molar-refractivity contribution in [2.45, 2.75) is 19.1 Å². The first-order valence-electron chi connectivity index (χ1n) is 7.87. The molecule has 0 heterocycles. The summed E-state index contributed by atoms with van der Waals surface area (Å²) in [5, 5.41) is 9.27. The maximum Gasteiger partial charge on any atom is 0.326 e. The lowest BCUT2D eigenvalue weighted by molar-refractivity contribution is -0.139. The molecule has 6 nitrogen and oxygen atoms in total. The number of hydrogen-bond donors (Lipinski definition) is 2. The molecular formula is C18H21NO5S. The van der Waals surface area contributed by atoms with Gasteiger partial charge in [-0.2, -0.15) is 4.72 Å². The molecule has 0 unspecified atom stereocenters. The lowest BCUT2D eigenvalue weighted by atomic mass is 10.1. The van der Waals surface area contributed by atoms with Gasteiger partial charge < -0.3 is 9.84 Å². The minimum Gasteiger partial charge on any atom is -0.480 e. The first-order chi connectivity index (χ1) is 12.0. The Morgan fingerprint density at radius 1 is 1.04 bits per heavy atom. The van der Waals surface area contributed by atoms with Crippen molar-refractivity contribution in [2.75, 3.05) is 12.4 Å². The first-order valence-corrected chi connectivity index (χ1v) is 9.52. The number of carboxylic acid groups (broad SMARTS) is 1. The Kier molecular flexibility index (Phi) is 7.12. The minimum atomic E-state index is -3.73. The predicted octanol–water partition coefficient (Wildman–Crippen LogP) is 2.34.